The van der Waals surface area contributed by atoms with Gasteiger partial charge in [-0.25, -0.2) is 4.79 Å². The zero-order valence-corrected chi connectivity index (χ0v) is 11.7. The first-order chi connectivity index (χ1) is 7.18. The highest BCUT2D eigenvalue weighted by molar-refractivity contribution is 14.1. The van der Waals surface area contributed by atoms with Gasteiger partial charge in [-0.3, -0.25) is 4.90 Å². The van der Waals surface area contributed by atoms with Crippen LogP contribution < -0.4 is 10.2 Å². The quantitative estimate of drug-likeness (QED) is 0.746. The molecular formula is C10H10BrIN2O. The third kappa shape index (κ3) is 2.44. The molecule has 1 aromatic rings. The molecule has 5 heteroatoms. The van der Waals surface area contributed by atoms with E-state index in [4.69, 9.17) is 0 Å². The summed E-state index contributed by atoms with van der Waals surface area (Å²) in [7, 11) is 0. The Morgan fingerprint density at radius 2 is 2.27 bits per heavy atom. The van der Waals surface area contributed by atoms with Gasteiger partial charge in [-0.05, 0) is 63.1 Å². The highest BCUT2D eigenvalue weighted by Gasteiger charge is 2.19. The molecule has 0 unspecified atom stereocenters. The summed E-state index contributed by atoms with van der Waals surface area (Å²) in [6, 6.07) is 5.94. The first-order valence-electron chi connectivity index (χ1n) is 4.69. The maximum Gasteiger partial charge on any atom is 0.321 e. The molecule has 0 atom stereocenters. The van der Waals surface area contributed by atoms with Crippen molar-refractivity contribution in [2.75, 3.05) is 18.0 Å². The summed E-state index contributed by atoms with van der Waals surface area (Å²) >= 11 is 5.69. The van der Waals surface area contributed by atoms with Crippen molar-refractivity contribution in [1.82, 2.24) is 5.32 Å². The number of urea groups is 1. The Morgan fingerprint density at radius 3 is 2.93 bits per heavy atom. The minimum absolute atomic E-state index is 0.000581. The predicted molar refractivity (Wildman–Crippen MR) is 72.2 cm³/mol. The maximum atomic E-state index is 11.6. The van der Waals surface area contributed by atoms with Gasteiger partial charge in [-0.15, -0.1) is 0 Å². The van der Waals surface area contributed by atoms with Crippen LogP contribution in [0.25, 0.3) is 0 Å². The molecule has 2 amide bonds. The molecule has 0 saturated carbocycles. The number of carbonyl (C=O) groups excluding carboxylic acids is 1. The van der Waals surface area contributed by atoms with Crippen molar-refractivity contribution in [3.63, 3.8) is 0 Å². The van der Waals surface area contributed by atoms with Crippen LogP contribution >= 0.6 is 38.5 Å². The lowest BCUT2D eigenvalue weighted by molar-refractivity contribution is 0.243. The minimum atomic E-state index is -0.000581. The molecule has 3 nitrogen and oxygen atoms in total. The van der Waals surface area contributed by atoms with Gasteiger partial charge in [0.2, 0.25) is 0 Å². The van der Waals surface area contributed by atoms with Crippen molar-refractivity contribution in [2.24, 2.45) is 0 Å². The normalized spacial score (nSPS) is 16.4. The fourth-order valence-corrected chi connectivity index (χ4v) is 2.27. The van der Waals surface area contributed by atoms with Crippen molar-refractivity contribution in [2.45, 2.75) is 6.42 Å². The van der Waals surface area contributed by atoms with Crippen molar-refractivity contribution in [3.8, 4) is 0 Å². The van der Waals surface area contributed by atoms with Crippen LogP contribution in [-0.4, -0.2) is 19.1 Å². The van der Waals surface area contributed by atoms with Gasteiger partial charge in [0.05, 0.1) is 0 Å². The second kappa shape index (κ2) is 4.69. The molecule has 0 radical (unpaired) electrons. The largest absolute Gasteiger partial charge is 0.338 e. The Morgan fingerprint density at radius 1 is 1.47 bits per heavy atom. The molecule has 0 bridgehead atoms. The number of rotatable bonds is 1. The van der Waals surface area contributed by atoms with Gasteiger partial charge in [-0.1, -0.05) is 0 Å². The molecule has 0 aromatic heterocycles. The molecule has 1 aromatic carbocycles. The van der Waals surface area contributed by atoms with Crippen LogP contribution in [0.3, 0.4) is 0 Å². The highest BCUT2D eigenvalue weighted by Crippen LogP contribution is 2.25. The van der Waals surface area contributed by atoms with E-state index < -0.39 is 0 Å². The number of amides is 2. The molecule has 1 fully saturated rings. The summed E-state index contributed by atoms with van der Waals surface area (Å²) in [5.74, 6) is 0. The minimum Gasteiger partial charge on any atom is -0.338 e. The fraction of sp³-hybridized carbons (Fsp3) is 0.300. The van der Waals surface area contributed by atoms with E-state index in [-0.39, 0.29) is 6.03 Å². The van der Waals surface area contributed by atoms with E-state index in [0.717, 1.165) is 33.2 Å². The lowest BCUT2D eigenvalue weighted by Crippen LogP contribution is -2.46. The average molecular weight is 381 g/mol. The zero-order chi connectivity index (χ0) is 10.8. The van der Waals surface area contributed by atoms with Gasteiger partial charge >= 0.3 is 6.03 Å². The van der Waals surface area contributed by atoms with Crippen molar-refractivity contribution < 1.29 is 4.79 Å². The van der Waals surface area contributed by atoms with E-state index in [1.165, 1.54) is 0 Å². The third-order valence-corrected chi connectivity index (χ3v) is 4.62. The Kier molecular flexibility index (Phi) is 3.50. The second-order valence-electron chi connectivity index (χ2n) is 3.34. The maximum absolute atomic E-state index is 11.6. The topological polar surface area (TPSA) is 32.3 Å². The van der Waals surface area contributed by atoms with Crippen LogP contribution in [-0.2, 0) is 0 Å². The molecule has 1 aliphatic heterocycles. The molecule has 2 rings (SSSR count). The van der Waals surface area contributed by atoms with E-state index in [9.17, 15) is 4.79 Å². The predicted octanol–water partition coefficient (Wildman–Crippen LogP) is 2.97. The van der Waals surface area contributed by atoms with E-state index in [0.29, 0.717) is 0 Å². The first-order valence-corrected chi connectivity index (χ1v) is 6.56. The van der Waals surface area contributed by atoms with Gasteiger partial charge in [0, 0.05) is 26.8 Å². The first kappa shape index (κ1) is 11.2. The van der Waals surface area contributed by atoms with Crippen molar-refractivity contribution in [3.05, 3.63) is 26.2 Å². The number of benzene rings is 1. The number of carbonyl (C=O) groups is 1. The third-order valence-electron chi connectivity index (χ3n) is 2.29. The van der Waals surface area contributed by atoms with E-state index >= 15 is 0 Å². The van der Waals surface area contributed by atoms with Gasteiger partial charge < -0.3 is 5.32 Å². The van der Waals surface area contributed by atoms with E-state index in [2.05, 4.69) is 43.8 Å². The fourth-order valence-electron chi connectivity index (χ4n) is 1.53. The van der Waals surface area contributed by atoms with Crippen molar-refractivity contribution in [1.29, 1.82) is 0 Å². The molecular weight excluding hydrogens is 371 g/mol. The molecule has 1 heterocycles. The van der Waals surface area contributed by atoms with Crippen LogP contribution in [0.1, 0.15) is 6.42 Å². The second-order valence-corrected chi connectivity index (χ2v) is 5.35. The van der Waals surface area contributed by atoms with Crippen molar-refractivity contribution >= 4 is 50.2 Å². The summed E-state index contributed by atoms with van der Waals surface area (Å²) < 4.78 is 2.17. The molecule has 0 spiro atoms. The van der Waals surface area contributed by atoms with E-state index in [1.54, 1.807) is 4.90 Å². The van der Waals surface area contributed by atoms with Crippen LogP contribution in [0.2, 0.25) is 0 Å². The summed E-state index contributed by atoms with van der Waals surface area (Å²) in [5, 5.41) is 2.84. The number of hydrogen-bond acceptors (Lipinski definition) is 1. The molecule has 0 aliphatic carbocycles. The van der Waals surface area contributed by atoms with Crippen LogP contribution in [0.15, 0.2) is 22.7 Å². The Hall–Kier alpha value is -0.300. The number of nitrogens with zero attached hydrogens (tertiary/aromatic N) is 1. The van der Waals surface area contributed by atoms with Gasteiger partial charge in [0.1, 0.15) is 0 Å². The Balaban J connectivity index is 2.28. The molecule has 1 N–H and O–H groups in total. The summed E-state index contributed by atoms with van der Waals surface area (Å²) in [6.45, 7) is 1.58. The number of nitrogens with one attached hydrogen (secondary N) is 1. The monoisotopic (exact) mass is 380 g/mol. The Bertz CT molecular complexity index is 397. The summed E-state index contributed by atoms with van der Waals surface area (Å²) in [5.41, 5.74) is 0.958. The lowest BCUT2D eigenvalue weighted by Gasteiger charge is -2.27. The number of halogens is 2. The number of anilines is 1. The molecule has 1 aliphatic rings. The van der Waals surface area contributed by atoms with Crippen LogP contribution in [0.5, 0.6) is 0 Å². The Labute approximate surface area is 110 Å². The SMILES string of the molecule is O=C1NCCCN1c1ccc(Br)c(I)c1. The van der Waals surface area contributed by atoms with Gasteiger partial charge in [-0.2, -0.15) is 0 Å². The standard InChI is InChI=1S/C10H10BrIN2O/c11-8-3-2-7(6-9(8)12)14-5-1-4-13-10(14)15/h2-3,6H,1,4-5H2,(H,13,15). The lowest BCUT2D eigenvalue weighted by atomic mass is 10.2. The smallest absolute Gasteiger partial charge is 0.321 e. The van der Waals surface area contributed by atoms with Crippen LogP contribution in [0.4, 0.5) is 10.5 Å². The van der Waals surface area contributed by atoms with Gasteiger partial charge in [0.25, 0.3) is 0 Å². The molecule has 15 heavy (non-hydrogen) atoms. The molecule has 80 valence electrons. The highest BCUT2D eigenvalue weighted by atomic mass is 127. The summed E-state index contributed by atoms with van der Waals surface area (Å²) in [4.78, 5) is 13.4. The molecule has 1 saturated heterocycles. The van der Waals surface area contributed by atoms with Gasteiger partial charge in [0.15, 0.2) is 0 Å². The number of hydrogen-bond donors (Lipinski definition) is 1. The van der Waals surface area contributed by atoms with E-state index in [1.807, 2.05) is 18.2 Å². The zero-order valence-electron chi connectivity index (χ0n) is 7.96. The average Bonchev–Trinajstić information content (AvgIpc) is 2.23. The van der Waals surface area contributed by atoms with Crippen LogP contribution in [0, 0.1) is 3.57 Å². The summed E-state index contributed by atoms with van der Waals surface area (Å²) in [6.07, 6.45) is 0.998.